The van der Waals surface area contributed by atoms with E-state index in [9.17, 15) is 13.2 Å². The van der Waals surface area contributed by atoms with Gasteiger partial charge in [0.2, 0.25) is 5.67 Å². The fourth-order valence-corrected chi connectivity index (χ4v) is 3.00. The van der Waals surface area contributed by atoms with E-state index in [4.69, 9.17) is 0 Å². The first-order valence-corrected chi connectivity index (χ1v) is 7.06. The summed E-state index contributed by atoms with van der Waals surface area (Å²) >= 11 is 1.51. The van der Waals surface area contributed by atoms with Gasteiger partial charge in [0.15, 0.2) is 0 Å². The minimum Gasteiger partial charge on any atom is -0.311 e. The largest absolute Gasteiger partial charge is 0.311 e. The molecule has 19 heavy (non-hydrogen) atoms. The molecule has 0 aliphatic rings. The molecule has 0 amide bonds. The Labute approximate surface area is 114 Å². The van der Waals surface area contributed by atoms with Crippen LogP contribution in [0.5, 0.6) is 0 Å². The molecule has 2 aromatic rings. The van der Waals surface area contributed by atoms with E-state index in [1.165, 1.54) is 30.4 Å². The average Bonchev–Trinajstić information content (AvgIpc) is 2.84. The van der Waals surface area contributed by atoms with Gasteiger partial charge in [0.1, 0.15) is 0 Å². The average molecular weight is 287 g/mol. The second-order valence-electron chi connectivity index (χ2n) is 4.52. The number of hydrogen-bond donors (Lipinski definition) is 1. The molecular weight excluding hydrogens is 271 g/mol. The number of likely N-dealkylation sites (N-methyl/N-ethyl adjacent to an activating group) is 1. The number of rotatable bonds is 5. The zero-order valence-electron chi connectivity index (χ0n) is 10.8. The molecule has 2 atom stereocenters. The van der Waals surface area contributed by atoms with Crippen LogP contribution in [0.3, 0.4) is 0 Å². The highest BCUT2D eigenvalue weighted by Gasteiger charge is 2.47. The summed E-state index contributed by atoms with van der Waals surface area (Å²) in [6, 6.07) is 5.54. The zero-order chi connectivity index (χ0) is 14.0. The SMILES string of the molecule is CCNC(C)C(F)(c1ccc2sccc2c1)C(F)F. The first kappa shape index (κ1) is 14.3. The third-order valence-electron chi connectivity index (χ3n) is 3.35. The van der Waals surface area contributed by atoms with Crippen molar-refractivity contribution in [1.82, 2.24) is 5.32 Å². The number of nitrogens with one attached hydrogen (secondary N) is 1. The third-order valence-corrected chi connectivity index (χ3v) is 4.25. The number of hydrogen-bond acceptors (Lipinski definition) is 2. The highest BCUT2D eigenvalue weighted by Crippen LogP contribution is 2.38. The van der Waals surface area contributed by atoms with Crippen LogP contribution in [0.4, 0.5) is 13.2 Å². The van der Waals surface area contributed by atoms with Crippen molar-refractivity contribution < 1.29 is 13.2 Å². The monoisotopic (exact) mass is 287 g/mol. The highest BCUT2D eigenvalue weighted by atomic mass is 32.1. The summed E-state index contributed by atoms with van der Waals surface area (Å²) in [5.41, 5.74) is -2.64. The standard InChI is InChI=1S/C14H16F3NS/c1-3-18-9(2)14(17,13(15)16)11-4-5-12-10(8-11)6-7-19-12/h4-9,13,18H,3H2,1-2H3. The van der Waals surface area contributed by atoms with Crippen LogP contribution >= 0.6 is 11.3 Å². The molecule has 0 saturated heterocycles. The summed E-state index contributed by atoms with van der Waals surface area (Å²) in [5, 5.41) is 5.42. The van der Waals surface area contributed by atoms with E-state index >= 15 is 0 Å². The van der Waals surface area contributed by atoms with Crippen LogP contribution in [0.2, 0.25) is 0 Å². The molecule has 5 heteroatoms. The normalized spacial score (nSPS) is 16.7. The van der Waals surface area contributed by atoms with Crippen LogP contribution in [0.1, 0.15) is 19.4 Å². The Bertz CT molecular complexity index is 554. The molecule has 2 rings (SSSR count). The lowest BCUT2D eigenvalue weighted by Crippen LogP contribution is -2.48. The van der Waals surface area contributed by atoms with Crippen molar-refractivity contribution in [2.45, 2.75) is 32.0 Å². The van der Waals surface area contributed by atoms with Gasteiger partial charge in [-0.15, -0.1) is 11.3 Å². The minimum absolute atomic E-state index is 0.0295. The summed E-state index contributed by atoms with van der Waals surface area (Å²) in [7, 11) is 0. The van der Waals surface area contributed by atoms with Gasteiger partial charge in [-0.1, -0.05) is 13.0 Å². The van der Waals surface area contributed by atoms with Gasteiger partial charge in [0.05, 0.1) is 0 Å². The van der Waals surface area contributed by atoms with Gasteiger partial charge in [-0.2, -0.15) is 0 Å². The Kier molecular flexibility index (Phi) is 4.16. The Morgan fingerprint density at radius 3 is 2.68 bits per heavy atom. The Morgan fingerprint density at radius 1 is 1.32 bits per heavy atom. The first-order valence-electron chi connectivity index (χ1n) is 6.18. The molecule has 1 heterocycles. The molecule has 0 aliphatic heterocycles. The quantitative estimate of drug-likeness (QED) is 0.863. The van der Waals surface area contributed by atoms with E-state index in [1.807, 2.05) is 11.4 Å². The molecule has 2 unspecified atom stereocenters. The predicted molar refractivity (Wildman–Crippen MR) is 73.8 cm³/mol. The first-order chi connectivity index (χ1) is 9.00. The van der Waals surface area contributed by atoms with Gasteiger partial charge in [0.25, 0.3) is 6.43 Å². The zero-order valence-corrected chi connectivity index (χ0v) is 11.6. The summed E-state index contributed by atoms with van der Waals surface area (Å²) in [6.07, 6.45) is -3.07. The van der Waals surface area contributed by atoms with Crippen molar-refractivity contribution in [3.63, 3.8) is 0 Å². The molecule has 0 spiro atoms. The van der Waals surface area contributed by atoms with Crippen molar-refractivity contribution in [2.75, 3.05) is 6.54 Å². The molecule has 1 aromatic carbocycles. The molecule has 0 saturated carbocycles. The second kappa shape index (κ2) is 5.51. The van der Waals surface area contributed by atoms with E-state index in [0.717, 1.165) is 10.1 Å². The van der Waals surface area contributed by atoms with E-state index in [2.05, 4.69) is 5.32 Å². The van der Waals surface area contributed by atoms with Gasteiger partial charge < -0.3 is 5.32 Å². The van der Waals surface area contributed by atoms with Crippen LogP contribution in [0.15, 0.2) is 29.6 Å². The van der Waals surface area contributed by atoms with Crippen LogP contribution < -0.4 is 5.32 Å². The Hall–Kier alpha value is -1.07. The van der Waals surface area contributed by atoms with Crippen molar-refractivity contribution in [1.29, 1.82) is 0 Å². The predicted octanol–water partition coefficient (Wildman–Crippen LogP) is 4.33. The molecule has 1 aromatic heterocycles. The molecular formula is C14H16F3NS. The van der Waals surface area contributed by atoms with Crippen molar-refractivity contribution >= 4 is 21.4 Å². The van der Waals surface area contributed by atoms with Gasteiger partial charge >= 0.3 is 0 Å². The van der Waals surface area contributed by atoms with Crippen LogP contribution in [-0.4, -0.2) is 19.0 Å². The maximum absolute atomic E-state index is 14.9. The minimum atomic E-state index is -3.07. The van der Waals surface area contributed by atoms with E-state index in [0.29, 0.717) is 6.54 Å². The van der Waals surface area contributed by atoms with Crippen LogP contribution in [-0.2, 0) is 5.67 Å². The maximum Gasteiger partial charge on any atom is 0.277 e. The van der Waals surface area contributed by atoms with Gasteiger partial charge in [0, 0.05) is 10.7 Å². The number of benzene rings is 1. The molecule has 104 valence electrons. The second-order valence-corrected chi connectivity index (χ2v) is 5.47. The van der Waals surface area contributed by atoms with Crippen molar-refractivity contribution in [3.8, 4) is 0 Å². The number of alkyl halides is 3. The van der Waals surface area contributed by atoms with Crippen LogP contribution in [0, 0.1) is 0 Å². The number of fused-ring (bicyclic) bond motifs is 1. The summed E-state index contributed by atoms with van der Waals surface area (Å²) in [5.74, 6) is 0. The Balaban J connectivity index is 2.47. The molecule has 1 N–H and O–H groups in total. The van der Waals surface area contributed by atoms with E-state index in [1.54, 1.807) is 13.0 Å². The Morgan fingerprint density at radius 2 is 2.05 bits per heavy atom. The molecule has 0 aliphatic carbocycles. The molecule has 0 bridgehead atoms. The smallest absolute Gasteiger partial charge is 0.277 e. The van der Waals surface area contributed by atoms with Crippen molar-refractivity contribution in [2.24, 2.45) is 0 Å². The van der Waals surface area contributed by atoms with Gasteiger partial charge in [-0.25, -0.2) is 13.2 Å². The number of halogens is 3. The van der Waals surface area contributed by atoms with E-state index < -0.39 is 18.1 Å². The number of thiophene rings is 1. The summed E-state index contributed by atoms with van der Waals surface area (Å²) < 4.78 is 42.3. The molecule has 0 fully saturated rings. The van der Waals surface area contributed by atoms with E-state index in [-0.39, 0.29) is 5.56 Å². The van der Waals surface area contributed by atoms with Gasteiger partial charge in [-0.3, -0.25) is 0 Å². The topological polar surface area (TPSA) is 12.0 Å². The van der Waals surface area contributed by atoms with Crippen LogP contribution in [0.25, 0.3) is 10.1 Å². The molecule has 1 nitrogen and oxygen atoms in total. The molecule has 0 radical (unpaired) electrons. The summed E-state index contributed by atoms with van der Waals surface area (Å²) in [4.78, 5) is 0. The maximum atomic E-state index is 14.9. The lowest BCUT2D eigenvalue weighted by atomic mass is 9.88. The fraction of sp³-hybridized carbons (Fsp3) is 0.429. The lowest BCUT2D eigenvalue weighted by Gasteiger charge is -2.31. The highest BCUT2D eigenvalue weighted by molar-refractivity contribution is 7.17. The summed E-state index contributed by atoms with van der Waals surface area (Å²) in [6.45, 7) is 3.66. The van der Waals surface area contributed by atoms with Crippen molar-refractivity contribution in [3.05, 3.63) is 35.2 Å². The fourth-order valence-electron chi connectivity index (χ4n) is 2.22. The van der Waals surface area contributed by atoms with Gasteiger partial charge in [-0.05, 0) is 48.0 Å². The lowest BCUT2D eigenvalue weighted by molar-refractivity contribution is -0.0599. The third kappa shape index (κ3) is 2.49.